The van der Waals surface area contributed by atoms with Crippen LogP contribution >= 0.6 is 58.3 Å². The Labute approximate surface area is 202 Å². The maximum Gasteiger partial charge on any atom is 0.408 e. The zero-order valence-electron chi connectivity index (χ0n) is 15.6. The molecule has 0 spiro atoms. The number of amides is 2. The first-order valence-electron chi connectivity index (χ1n) is 8.72. The van der Waals surface area contributed by atoms with Gasteiger partial charge in [0.1, 0.15) is 28.7 Å². The fraction of sp³-hybridized carbons (Fsp3) is 0.400. The lowest BCUT2D eigenvalue weighted by Crippen LogP contribution is -2.70. The monoisotopic (exact) mass is 539 g/mol. The molecule has 170 valence electrons. The van der Waals surface area contributed by atoms with E-state index < -0.39 is 39.8 Å². The van der Waals surface area contributed by atoms with Gasteiger partial charge >= 0.3 is 12.1 Å². The Kier molecular flexibility index (Phi) is 6.58. The second kappa shape index (κ2) is 9.09. The Morgan fingerprint density at radius 3 is 2.88 bits per heavy atom. The highest BCUT2D eigenvalue weighted by Gasteiger charge is 2.54. The molecule has 2 aliphatic rings. The van der Waals surface area contributed by atoms with Gasteiger partial charge in [-0.2, -0.15) is 0 Å². The minimum atomic E-state index is -1.79. The van der Waals surface area contributed by atoms with Crippen LogP contribution in [-0.2, 0) is 14.3 Å². The number of hydrogen-bond acceptors (Lipinski definition) is 10. The summed E-state index contributed by atoms with van der Waals surface area (Å²) in [5, 5.41) is 27.3. The minimum absolute atomic E-state index is 0.109. The van der Waals surface area contributed by atoms with Crippen molar-refractivity contribution in [3.63, 3.8) is 0 Å². The lowest BCUT2D eigenvalue weighted by molar-refractivity contribution is -0.149. The molecule has 0 bridgehead atoms. The highest BCUT2D eigenvalue weighted by molar-refractivity contribution is 8.01. The third kappa shape index (κ3) is 4.83. The number of nitrogens with one attached hydrogen (secondary N) is 1. The molecule has 2 aromatic rings. The van der Waals surface area contributed by atoms with E-state index in [0.29, 0.717) is 22.0 Å². The maximum absolute atomic E-state index is 12.6. The number of β-lactam (4-membered cyclic amide) rings is 1. The molecule has 2 N–H and O–H groups in total. The summed E-state index contributed by atoms with van der Waals surface area (Å²) in [5.41, 5.74) is 0.920. The number of aromatic nitrogens is 5. The van der Waals surface area contributed by atoms with Crippen LogP contribution < -0.4 is 5.32 Å². The van der Waals surface area contributed by atoms with Crippen molar-refractivity contribution >= 4 is 81.9 Å². The van der Waals surface area contributed by atoms with Crippen molar-refractivity contribution in [2.75, 3.05) is 18.1 Å². The van der Waals surface area contributed by atoms with Gasteiger partial charge in [0.2, 0.25) is 3.79 Å². The Morgan fingerprint density at radius 2 is 2.16 bits per heavy atom. The molecule has 0 aliphatic carbocycles. The van der Waals surface area contributed by atoms with Crippen molar-refractivity contribution < 1.29 is 24.2 Å². The topological polar surface area (TPSA) is 152 Å². The molecule has 0 radical (unpaired) electrons. The van der Waals surface area contributed by atoms with E-state index in [1.807, 2.05) is 0 Å². The molecule has 2 aromatic heterocycles. The predicted molar refractivity (Wildman–Crippen MR) is 116 cm³/mol. The van der Waals surface area contributed by atoms with Gasteiger partial charge in [-0.25, -0.2) is 9.59 Å². The first-order valence-corrected chi connectivity index (χ1v) is 11.9. The molecule has 2 aliphatic heterocycles. The highest BCUT2D eigenvalue weighted by Crippen LogP contribution is 2.41. The summed E-state index contributed by atoms with van der Waals surface area (Å²) in [4.78, 5) is 37.6. The van der Waals surface area contributed by atoms with Crippen LogP contribution in [0, 0.1) is 0 Å². The van der Waals surface area contributed by atoms with E-state index in [9.17, 15) is 19.5 Å². The van der Waals surface area contributed by atoms with Gasteiger partial charge in [-0.05, 0) is 28.1 Å². The lowest BCUT2D eigenvalue weighted by Gasteiger charge is -2.49. The quantitative estimate of drug-likeness (QED) is 0.310. The molecular weight excluding hydrogens is 529 g/mol. The zero-order valence-corrected chi connectivity index (χ0v) is 19.5. The van der Waals surface area contributed by atoms with Crippen molar-refractivity contribution in [1.29, 1.82) is 0 Å². The maximum atomic E-state index is 12.6. The number of rotatable bonds is 6. The SMILES string of the molecule is O=C(NC1C(=O)N2C(C(=O)O)=C(CSc3ccc4nnnn4n3)CS[C@H]12)OCC(Cl)(Cl)Cl. The normalized spacial score (nSPS) is 20.7. The Balaban J connectivity index is 1.43. The average Bonchev–Trinajstić information content (AvgIpc) is 3.21. The van der Waals surface area contributed by atoms with E-state index >= 15 is 0 Å². The fourth-order valence-corrected chi connectivity index (χ4v) is 5.48. The van der Waals surface area contributed by atoms with Crippen LogP contribution in [-0.4, -0.2) is 86.6 Å². The van der Waals surface area contributed by atoms with Gasteiger partial charge in [0.05, 0.1) is 0 Å². The zero-order chi connectivity index (χ0) is 23.0. The van der Waals surface area contributed by atoms with Gasteiger partial charge < -0.3 is 15.2 Å². The summed E-state index contributed by atoms with van der Waals surface area (Å²) in [6.45, 7) is -0.502. The van der Waals surface area contributed by atoms with Crippen LogP contribution in [0.25, 0.3) is 5.65 Å². The Bertz CT molecular complexity index is 1120. The number of nitrogens with zero attached hydrogens (tertiary/aromatic N) is 6. The van der Waals surface area contributed by atoms with E-state index in [1.165, 1.54) is 28.2 Å². The van der Waals surface area contributed by atoms with Crippen molar-refractivity contribution in [2.45, 2.75) is 20.2 Å². The number of halogens is 3. The summed E-state index contributed by atoms with van der Waals surface area (Å²) in [7, 11) is 0. The summed E-state index contributed by atoms with van der Waals surface area (Å²) in [6, 6.07) is 2.45. The van der Waals surface area contributed by atoms with Crippen LogP contribution in [0.5, 0.6) is 0 Å². The number of ether oxygens (including phenoxy) is 1. The second-order valence-electron chi connectivity index (χ2n) is 6.47. The van der Waals surface area contributed by atoms with Crippen LogP contribution in [0.4, 0.5) is 4.79 Å². The first kappa shape index (κ1) is 23.2. The third-order valence-corrected chi connectivity index (χ3v) is 7.00. The number of tetrazole rings is 1. The predicted octanol–water partition coefficient (Wildman–Crippen LogP) is 1.33. The van der Waals surface area contributed by atoms with Gasteiger partial charge in [-0.1, -0.05) is 34.8 Å². The number of carbonyl (C=O) groups excluding carboxylic acids is 2. The molecule has 0 aromatic carbocycles. The molecule has 32 heavy (non-hydrogen) atoms. The summed E-state index contributed by atoms with van der Waals surface area (Å²) in [5.74, 6) is -1.17. The molecule has 17 heteroatoms. The molecule has 1 saturated heterocycles. The highest BCUT2D eigenvalue weighted by atomic mass is 35.6. The Hall–Kier alpha value is -2.00. The van der Waals surface area contributed by atoms with Crippen LogP contribution in [0.3, 0.4) is 0 Å². The molecule has 0 saturated carbocycles. The van der Waals surface area contributed by atoms with Gasteiger partial charge in [-0.3, -0.25) is 9.69 Å². The second-order valence-corrected chi connectivity index (χ2v) is 11.1. The van der Waals surface area contributed by atoms with Crippen molar-refractivity contribution in [1.82, 2.24) is 35.5 Å². The van der Waals surface area contributed by atoms with Crippen LogP contribution in [0.2, 0.25) is 0 Å². The third-order valence-electron chi connectivity index (χ3n) is 4.33. The molecule has 2 amide bonds. The summed E-state index contributed by atoms with van der Waals surface area (Å²) in [6.07, 6.45) is -0.943. The molecule has 1 fully saturated rings. The number of carbonyl (C=O) groups is 3. The van der Waals surface area contributed by atoms with Crippen molar-refractivity contribution in [3.05, 3.63) is 23.4 Å². The summed E-state index contributed by atoms with van der Waals surface area (Å²) < 4.78 is 4.24. The van der Waals surface area contributed by atoms with E-state index in [4.69, 9.17) is 39.5 Å². The number of fused-ring (bicyclic) bond motifs is 2. The summed E-state index contributed by atoms with van der Waals surface area (Å²) >= 11 is 19.2. The number of carboxylic acids is 1. The number of hydrogen-bond donors (Lipinski definition) is 2. The molecule has 4 rings (SSSR count). The number of thioether (sulfide) groups is 2. The van der Waals surface area contributed by atoms with Gasteiger partial charge in [0.25, 0.3) is 5.91 Å². The van der Waals surface area contributed by atoms with E-state index in [-0.39, 0.29) is 11.4 Å². The smallest absolute Gasteiger partial charge is 0.408 e. The lowest BCUT2D eigenvalue weighted by atomic mass is 10.0. The van der Waals surface area contributed by atoms with Crippen molar-refractivity contribution in [2.24, 2.45) is 0 Å². The molecule has 1 unspecified atom stereocenters. The fourth-order valence-electron chi connectivity index (χ4n) is 2.98. The number of carboxylic acid groups (broad SMARTS) is 1. The first-order chi connectivity index (χ1) is 15.1. The number of alkyl halides is 3. The van der Waals surface area contributed by atoms with E-state index in [1.54, 1.807) is 12.1 Å². The molecule has 2 atom stereocenters. The van der Waals surface area contributed by atoms with Gasteiger partial charge in [-0.15, -0.1) is 38.4 Å². The van der Waals surface area contributed by atoms with Gasteiger partial charge in [0, 0.05) is 11.5 Å². The van der Waals surface area contributed by atoms with E-state index in [0.717, 1.165) is 4.90 Å². The largest absolute Gasteiger partial charge is 0.477 e. The number of alkyl carbamates (subject to hydrolysis) is 1. The van der Waals surface area contributed by atoms with E-state index in [2.05, 4.69) is 25.9 Å². The van der Waals surface area contributed by atoms with Crippen LogP contribution in [0.1, 0.15) is 0 Å². The minimum Gasteiger partial charge on any atom is -0.477 e. The van der Waals surface area contributed by atoms with Gasteiger partial charge in [0.15, 0.2) is 5.65 Å². The number of aliphatic carboxylic acids is 1. The standard InChI is InChI=1S/C15H12Cl3N7O5S2/c16-15(17,18)5-30-14(29)19-9-11(26)24-10(13(27)28)6(4-32-12(9)24)3-31-8-2-1-7-20-22-23-25(7)21-8/h1-2,9,12H,3-5H2,(H,19,29)(H,27,28)/t9?,12-/m1/s1. The average molecular weight is 541 g/mol. The molecule has 4 heterocycles. The molecular formula is C15H12Cl3N7O5S2. The van der Waals surface area contributed by atoms with Crippen molar-refractivity contribution in [3.8, 4) is 0 Å². The Morgan fingerprint density at radius 1 is 1.38 bits per heavy atom. The van der Waals surface area contributed by atoms with Crippen LogP contribution in [0.15, 0.2) is 28.4 Å². The molecule has 12 nitrogen and oxygen atoms in total.